The minimum Gasteiger partial charge on any atom is -0.506 e. The number of hydrogen-bond donors (Lipinski definition) is 1. The van der Waals surface area contributed by atoms with Crippen LogP contribution in [0.15, 0.2) is 24.4 Å². The molecule has 3 aromatic rings. The maximum Gasteiger partial charge on any atom is 0.161 e. The zero-order valence-corrected chi connectivity index (χ0v) is 17.8. The van der Waals surface area contributed by atoms with E-state index in [0.29, 0.717) is 13.2 Å². The summed E-state index contributed by atoms with van der Waals surface area (Å²) in [4.78, 5) is 4.67. The second-order valence-electron chi connectivity index (χ2n) is 8.12. The van der Waals surface area contributed by atoms with Crippen LogP contribution in [0.4, 0.5) is 0 Å². The van der Waals surface area contributed by atoms with Crippen LogP contribution in [-0.4, -0.2) is 23.3 Å². The third-order valence-electron chi connectivity index (χ3n) is 6.57. The van der Waals surface area contributed by atoms with Gasteiger partial charge < -0.3 is 14.6 Å². The summed E-state index contributed by atoms with van der Waals surface area (Å²) in [6, 6.07) is 6.08. The number of halogens is 1. The number of aromatic nitrogens is 1. The number of pyridine rings is 1. The summed E-state index contributed by atoms with van der Waals surface area (Å²) >= 11 is 0. The van der Waals surface area contributed by atoms with E-state index in [1.807, 2.05) is 19.9 Å². The van der Waals surface area contributed by atoms with Gasteiger partial charge in [0.2, 0.25) is 0 Å². The molecule has 0 radical (unpaired) electrons. The fraction of sp³-hybridized carbons (Fsp3) is 0.458. The van der Waals surface area contributed by atoms with Crippen LogP contribution in [0.3, 0.4) is 0 Å². The molecular formula is C24H28ClNO3. The Morgan fingerprint density at radius 2 is 1.52 bits per heavy atom. The smallest absolute Gasteiger partial charge is 0.161 e. The average Bonchev–Trinajstić information content (AvgIpc) is 3.15. The Kier molecular flexibility index (Phi) is 5.48. The van der Waals surface area contributed by atoms with Crippen LogP contribution in [0.5, 0.6) is 17.2 Å². The number of aromatic hydroxyl groups is 1. The number of ether oxygens (including phenoxy) is 2. The van der Waals surface area contributed by atoms with Crippen LogP contribution in [0.2, 0.25) is 0 Å². The molecule has 154 valence electrons. The summed E-state index contributed by atoms with van der Waals surface area (Å²) in [5.74, 6) is 3.33. The Morgan fingerprint density at radius 1 is 0.897 bits per heavy atom. The van der Waals surface area contributed by atoms with Crippen molar-refractivity contribution in [3.63, 3.8) is 0 Å². The summed E-state index contributed by atoms with van der Waals surface area (Å²) in [7, 11) is 0. The van der Waals surface area contributed by atoms with Gasteiger partial charge in [0.05, 0.1) is 24.9 Å². The van der Waals surface area contributed by atoms with E-state index in [1.54, 1.807) is 6.20 Å². The molecule has 4 nitrogen and oxygen atoms in total. The Balaban J connectivity index is 0.00000205. The van der Waals surface area contributed by atoms with E-state index in [9.17, 15) is 5.11 Å². The highest BCUT2D eigenvalue weighted by Crippen LogP contribution is 2.47. The van der Waals surface area contributed by atoms with Crippen molar-refractivity contribution in [3.05, 3.63) is 35.5 Å². The molecule has 2 aliphatic carbocycles. The fourth-order valence-electron chi connectivity index (χ4n) is 5.40. The zero-order chi connectivity index (χ0) is 19.3. The molecule has 2 aliphatic rings. The lowest BCUT2D eigenvalue weighted by molar-refractivity contribution is 0.288. The molecule has 2 unspecified atom stereocenters. The second-order valence-corrected chi connectivity index (χ2v) is 8.12. The summed E-state index contributed by atoms with van der Waals surface area (Å²) in [5, 5.41) is 13.5. The predicted octanol–water partition coefficient (Wildman–Crippen LogP) is 5.83. The van der Waals surface area contributed by atoms with Gasteiger partial charge in [-0.1, -0.05) is 6.42 Å². The van der Waals surface area contributed by atoms with Gasteiger partial charge >= 0.3 is 0 Å². The predicted molar refractivity (Wildman–Crippen MR) is 119 cm³/mol. The Morgan fingerprint density at radius 3 is 2.17 bits per heavy atom. The molecule has 1 saturated carbocycles. The van der Waals surface area contributed by atoms with E-state index >= 15 is 0 Å². The van der Waals surface area contributed by atoms with Crippen molar-refractivity contribution < 1.29 is 14.6 Å². The van der Waals surface area contributed by atoms with Crippen molar-refractivity contribution in [3.8, 4) is 17.2 Å². The van der Waals surface area contributed by atoms with Crippen LogP contribution in [-0.2, 0) is 12.8 Å². The average molecular weight is 414 g/mol. The van der Waals surface area contributed by atoms with Crippen LogP contribution in [0, 0.1) is 11.8 Å². The van der Waals surface area contributed by atoms with Crippen molar-refractivity contribution in [2.24, 2.45) is 11.8 Å². The molecule has 0 saturated heterocycles. The summed E-state index contributed by atoms with van der Waals surface area (Å²) < 4.78 is 11.8. The highest BCUT2D eigenvalue weighted by atomic mass is 35.5. The third-order valence-corrected chi connectivity index (χ3v) is 6.57. The first-order valence-corrected chi connectivity index (χ1v) is 10.5. The van der Waals surface area contributed by atoms with E-state index in [4.69, 9.17) is 9.47 Å². The van der Waals surface area contributed by atoms with Gasteiger partial charge in [0.1, 0.15) is 5.75 Å². The maximum absolute atomic E-state index is 10.1. The molecule has 0 aliphatic heterocycles. The normalized spacial score (nSPS) is 20.2. The highest BCUT2D eigenvalue weighted by Gasteiger charge is 2.34. The fourth-order valence-corrected chi connectivity index (χ4v) is 5.40. The van der Waals surface area contributed by atoms with E-state index in [1.165, 1.54) is 35.8 Å². The van der Waals surface area contributed by atoms with Crippen molar-refractivity contribution in [1.29, 1.82) is 0 Å². The van der Waals surface area contributed by atoms with Crippen molar-refractivity contribution in [2.45, 2.75) is 46.0 Å². The summed E-state index contributed by atoms with van der Waals surface area (Å²) in [6.45, 7) is 5.18. The lowest BCUT2D eigenvalue weighted by atomic mass is 9.75. The summed E-state index contributed by atoms with van der Waals surface area (Å²) in [6.07, 6.45) is 7.80. The number of nitrogens with zero attached hydrogens (tertiary/aromatic N) is 1. The molecular weight excluding hydrogens is 386 g/mol. The largest absolute Gasteiger partial charge is 0.506 e. The maximum atomic E-state index is 10.1. The van der Waals surface area contributed by atoms with Gasteiger partial charge in [-0.15, -0.1) is 12.4 Å². The number of benzene rings is 2. The van der Waals surface area contributed by atoms with Gasteiger partial charge in [0, 0.05) is 5.39 Å². The first kappa shape index (κ1) is 20.1. The number of hydrogen-bond acceptors (Lipinski definition) is 4. The molecule has 2 atom stereocenters. The molecule has 1 heterocycles. The van der Waals surface area contributed by atoms with E-state index in [0.717, 1.165) is 52.5 Å². The Bertz CT molecular complexity index is 1070. The molecule has 0 amide bonds. The van der Waals surface area contributed by atoms with E-state index in [2.05, 4.69) is 17.1 Å². The molecule has 29 heavy (non-hydrogen) atoms. The van der Waals surface area contributed by atoms with Crippen LogP contribution in [0.25, 0.3) is 21.7 Å². The molecule has 5 heteroatoms. The van der Waals surface area contributed by atoms with Crippen molar-refractivity contribution in [2.75, 3.05) is 13.2 Å². The lowest BCUT2D eigenvalue weighted by Crippen LogP contribution is -2.21. The van der Waals surface area contributed by atoms with Gasteiger partial charge in [-0.05, 0) is 91.5 Å². The summed E-state index contributed by atoms with van der Waals surface area (Å²) in [5.41, 5.74) is 3.84. The molecule has 1 fully saturated rings. The van der Waals surface area contributed by atoms with Crippen molar-refractivity contribution >= 4 is 34.1 Å². The first-order chi connectivity index (χ1) is 13.7. The third kappa shape index (κ3) is 3.28. The van der Waals surface area contributed by atoms with Gasteiger partial charge in [0.15, 0.2) is 11.5 Å². The molecule has 0 spiro atoms. The Labute approximate surface area is 177 Å². The lowest BCUT2D eigenvalue weighted by Gasteiger charge is -2.30. The number of rotatable bonds is 4. The van der Waals surface area contributed by atoms with Gasteiger partial charge in [-0.3, -0.25) is 4.98 Å². The van der Waals surface area contributed by atoms with Crippen LogP contribution in [0.1, 0.15) is 44.2 Å². The highest BCUT2D eigenvalue weighted by molar-refractivity contribution is 6.11. The Hall–Kier alpha value is -2.20. The van der Waals surface area contributed by atoms with Gasteiger partial charge in [-0.25, -0.2) is 0 Å². The monoisotopic (exact) mass is 413 g/mol. The zero-order valence-electron chi connectivity index (χ0n) is 17.0. The first-order valence-electron chi connectivity index (χ1n) is 10.5. The molecule has 2 aromatic carbocycles. The second kappa shape index (κ2) is 7.91. The quantitative estimate of drug-likeness (QED) is 0.547. The van der Waals surface area contributed by atoms with Gasteiger partial charge in [-0.2, -0.15) is 0 Å². The minimum atomic E-state index is 0. The van der Waals surface area contributed by atoms with Gasteiger partial charge in [0.25, 0.3) is 0 Å². The molecule has 0 bridgehead atoms. The minimum absolute atomic E-state index is 0. The van der Waals surface area contributed by atoms with E-state index < -0.39 is 0 Å². The van der Waals surface area contributed by atoms with Crippen LogP contribution < -0.4 is 9.47 Å². The molecule has 1 N–H and O–H groups in total. The van der Waals surface area contributed by atoms with Crippen LogP contribution >= 0.6 is 12.4 Å². The van der Waals surface area contributed by atoms with E-state index in [-0.39, 0.29) is 18.2 Å². The SMILES string of the molecule is CCOc1cc2c3c(c4ncc(O)cc4c2cc1OCC)CC1CCCC1C3.Cl. The number of fused-ring (bicyclic) bond motifs is 7. The molecule has 5 rings (SSSR count). The van der Waals surface area contributed by atoms with Crippen molar-refractivity contribution in [1.82, 2.24) is 4.98 Å². The standard InChI is InChI=1S/C24H27NO3.ClH/c1-3-27-22-11-18-17-8-14-6-5-7-15(14)9-20(17)24-21(10-16(26)13-25-24)19(18)12-23(22)28-4-2;/h10-15,26H,3-9H2,1-2H3;1H. The molecule has 1 aromatic heterocycles. The topological polar surface area (TPSA) is 51.6 Å².